The van der Waals surface area contributed by atoms with Crippen LogP contribution in [0.5, 0.6) is 17.2 Å². The van der Waals surface area contributed by atoms with Gasteiger partial charge in [0.1, 0.15) is 11.5 Å². The third kappa shape index (κ3) is 3.38. The van der Waals surface area contributed by atoms with Crippen molar-refractivity contribution < 1.29 is 18.7 Å². The minimum Gasteiger partial charge on any atom is -0.496 e. The number of methoxy groups -OCH3 is 3. The average Bonchev–Trinajstić information content (AvgIpc) is 3.26. The fourth-order valence-electron chi connectivity index (χ4n) is 3.88. The number of hydrogen-bond donors (Lipinski definition) is 0. The SMILES string of the molecule is CCc1onc(C)c1C1CCCN1Cc1cc(OC)c(OC)cc1OC. The van der Waals surface area contributed by atoms with Crippen molar-refractivity contribution >= 4 is 0 Å². The number of ether oxygens (including phenoxy) is 3. The van der Waals surface area contributed by atoms with Gasteiger partial charge in [0.05, 0.1) is 27.0 Å². The first-order chi connectivity index (χ1) is 12.6. The summed E-state index contributed by atoms with van der Waals surface area (Å²) in [5, 5.41) is 4.19. The summed E-state index contributed by atoms with van der Waals surface area (Å²) in [5.74, 6) is 3.20. The topological polar surface area (TPSA) is 57.0 Å². The molecule has 1 atom stereocenters. The molecule has 1 aromatic carbocycles. The van der Waals surface area contributed by atoms with E-state index >= 15 is 0 Å². The Bertz CT molecular complexity index is 757. The van der Waals surface area contributed by atoms with Gasteiger partial charge in [-0.05, 0) is 32.4 Å². The molecule has 142 valence electrons. The van der Waals surface area contributed by atoms with E-state index in [0.29, 0.717) is 11.8 Å². The molecule has 0 N–H and O–H groups in total. The van der Waals surface area contributed by atoms with Crippen molar-refractivity contribution in [3.8, 4) is 17.2 Å². The van der Waals surface area contributed by atoms with Crippen LogP contribution in [-0.4, -0.2) is 37.9 Å². The normalized spacial score (nSPS) is 17.5. The summed E-state index contributed by atoms with van der Waals surface area (Å²) < 4.78 is 22.0. The van der Waals surface area contributed by atoms with Gasteiger partial charge in [0, 0.05) is 36.2 Å². The van der Waals surface area contributed by atoms with Crippen LogP contribution in [-0.2, 0) is 13.0 Å². The molecule has 0 radical (unpaired) electrons. The van der Waals surface area contributed by atoms with Gasteiger partial charge in [-0.25, -0.2) is 0 Å². The maximum atomic E-state index is 5.60. The van der Waals surface area contributed by atoms with Gasteiger partial charge in [0.2, 0.25) is 0 Å². The smallest absolute Gasteiger partial charge is 0.164 e. The highest BCUT2D eigenvalue weighted by Gasteiger charge is 2.32. The lowest BCUT2D eigenvalue weighted by atomic mass is 10.0. The monoisotopic (exact) mass is 360 g/mol. The highest BCUT2D eigenvalue weighted by atomic mass is 16.5. The summed E-state index contributed by atoms with van der Waals surface area (Å²) in [5.41, 5.74) is 3.34. The molecule has 2 aromatic rings. The Balaban J connectivity index is 1.91. The average molecular weight is 360 g/mol. The van der Waals surface area contributed by atoms with Crippen molar-refractivity contribution in [3.05, 3.63) is 34.7 Å². The van der Waals surface area contributed by atoms with Gasteiger partial charge in [-0.2, -0.15) is 0 Å². The van der Waals surface area contributed by atoms with E-state index in [2.05, 4.69) is 17.0 Å². The van der Waals surface area contributed by atoms with Gasteiger partial charge in [-0.15, -0.1) is 0 Å². The third-order valence-electron chi connectivity index (χ3n) is 5.16. The molecule has 0 aliphatic carbocycles. The van der Waals surface area contributed by atoms with E-state index in [9.17, 15) is 0 Å². The molecule has 26 heavy (non-hydrogen) atoms. The highest BCUT2D eigenvalue weighted by Crippen LogP contribution is 2.40. The van der Waals surface area contributed by atoms with E-state index in [1.165, 1.54) is 5.56 Å². The fraction of sp³-hybridized carbons (Fsp3) is 0.550. The standard InChI is InChI=1S/C20H28N2O4/c1-6-16-20(13(2)21-26-16)15-8-7-9-22(15)12-14-10-18(24-4)19(25-5)11-17(14)23-3/h10-11,15H,6-9,12H2,1-5H3. The first-order valence-corrected chi connectivity index (χ1v) is 9.10. The first kappa shape index (κ1) is 18.6. The molecule has 1 aliphatic rings. The van der Waals surface area contributed by atoms with Crippen molar-refractivity contribution in [2.75, 3.05) is 27.9 Å². The fourth-order valence-corrected chi connectivity index (χ4v) is 3.88. The number of benzene rings is 1. The molecule has 0 amide bonds. The van der Waals surface area contributed by atoms with E-state index in [1.54, 1.807) is 21.3 Å². The molecule has 1 unspecified atom stereocenters. The third-order valence-corrected chi connectivity index (χ3v) is 5.16. The second-order valence-electron chi connectivity index (χ2n) is 6.61. The summed E-state index contributed by atoms with van der Waals surface area (Å²) in [6.07, 6.45) is 3.14. The van der Waals surface area contributed by atoms with Crippen LogP contribution in [0, 0.1) is 6.92 Å². The van der Waals surface area contributed by atoms with Crippen LogP contribution in [0.15, 0.2) is 16.7 Å². The Hall–Kier alpha value is -2.21. The second-order valence-corrected chi connectivity index (χ2v) is 6.61. The molecule has 6 heteroatoms. The Labute approximate surface area is 155 Å². The molecule has 0 spiro atoms. The van der Waals surface area contributed by atoms with Crippen molar-refractivity contribution in [2.24, 2.45) is 0 Å². The largest absolute Gasteiger partial charge is 0.496 e. The van der Waals surface area contributed by atoms with Gasteiger partial charge in [-0.1, -0.05) is 12.1 Å². The molecule has 1 fully saturated rings. The Morgan fingerprint density at radius 1 is 1.12 bits per heavy atom. The Kier molecular flexibility index (Phi) is 5.71. The van der Waals surface area contributed by atoms with Crippen LogP contribution in [0.2, 0.25) is 0 Å². The maximum absolute atomic E-state index is 5.60. The van der Waals surface area contributed by atoms with E-state index in [0.717, 1.165) is 60.9 Å². The molecule has 6 nitrogen and oxygen atoms in total. The van der Waals surface area contributed by atoms with E-state index in [-0.39, 0.29) is 0 Å². The molecule has 3 rings (SSSR count). The molecule has 0 bridgehead atoms. The van der Waals surface area contributed by atoms with E-state index in [1.807, 2.05) is 19.1 Å². The Morgan fingerprint density at radius 3 is 2.46 bits per heavy atom. The van der Waals surface area contributed by atoms with Gasteiger partial charge in [0.15, 0.2) is 11.5 Å². The molecular weight excluding hydrogens is 332 g/mol. The Morgan fingerprint density at radius 2 is 1.81 bits per heavy atom. The zero-order chi connectivity index (χ0) is 18.7. The highest BCUT2D eigenvalue weighted by molar-refractivity contribution is 5.50. The summed E-state index contributed by atoms with van der Waals surface area (Å²) in [7, 11) is 4.97. The van der Waals surface area contributed by atoms with Crippen LogP contribution >= 0.6 is 0 Å². The van der Waals surface area contributed by atoms with Gasteiger partial charge >= 0.3 is 0 Å². The number of nitrogens with zero attached hydrogens (tertiary/aromatic N) is 2. The lowest BCUT2D eigenvalue weighted by molar-refractivity contribution is 0.240. The van der Waals surface area contributed by atoms with Crippen LogP contribution in [0.25, 0.3) is 0 Å². The molecular formula is C20H28N2O4. The first-order valence-electron chi connectivity index (χ1n) is 9.10. The molecule has 1 aliphatic heterocycles. The summed E-state index contributed by atoms with van der Waals surface area (Å²) in [6, 6.07) is 4.23. The minimum atomic E-state index is 0.328. The van der Waals surface area contributed by atoms with E-state index in [4.69, 9.17) is 18.7 Å². The second kappa shape index (κ2) is 7.99. The summed E-state index contributed by atoms with van der Waals surface area (Å²) in [6.45, 7) is 5.96. The zero-order valence-electron chi connectivity index (χ0n) is 16.3. The quantitative estimate of drug-likeness (QED) is 0.746. The number of rotatable bonds is 7. The molecule has 1 saturated heterocycles. The van der Waals surface area contributed by atoms with Crippen molar-refractivity contribution in [1.29, 1.82) is 0 Å². The van der Waals surface area contributed by atoms with Gasteiger partial charge in [0.25, 0.3) is 0 Å². The zero-order valence-corrected chi connectivity index (χ0v) is 16.3. The molecule has 2 heterocycles. The van der Waals surface area contributed by atoms with E-state index < -0.39 is 0 Å². The lowest BCUT2D eigenvalue weighted by Gasteiger charge is -2.26. The van der Waals surface area contributed by atoms with Crippen LogP contribution in [0.1, 0.15) is 48.4 Å². The van der Waals surface area contributed by atoms with Crippen LogP contribution in [0.4, 0.5) is 0 Å². The van der Waals surface area contributed by atoms with Crippen molar-refractivity contribution in [1.82, 2.24) is 10.1 Å². The van der Waals surface area contributed by atoms with Crippen LogP contribution < -0.4 is 14.2 Å². The van der Waals surface area contributed by atoms with Crippen molar-refractivity contribution in [2.45, 2.75) is 45.7 Å². The molecule has 0 saturated carbocycles. The number of hydrogen-bond acceptors (Lipinski definition) is 6. The lowest BCUT2D eigenvalue weighted by Crippen LogP contribution is -2.24. The summed E-state index contributed by atoms with van der Waals surface area (Å²) in [4.78, 5) is 2.47. The predicted octanol–water partition coefficient (Wildman–Crippen LogP) is 3.91. The number of aryl methyl sites for hydroxylation is 2. The van der Waals surface area contributed by atoms with Gasteiger partial charge < -0.3 is 18.7 Å². The maximum Gasteiger partial charge on any atom is 0.164 e. The van der Waals surface area contributed by atoms with Crippen LogP contribution in [0.3, 0.4) is 0 Å². The predicted molar refractivity (Wildman–Crippen MR) is 99.1 cm³/mol. The number of aromatic nitrogens is 1. The van der Waals surface area contributed by atoms with Crippen molar-refractivity contribution in [3.63, 3.8) is 0 Å². The summed E-state index contributed by atoms with van der Waals surface area (Å²) >= 11 is 0. The molecule has 1 aromatic heterocycles. The minimum absolute atomic E-state index is 0.328. The van der Waals surface area contributed by atoms with Gasteiger partial charge in [-0.3, -0.25) is 4.90 Å². The number of likely N-dealkylation sites (tertiary alicyclic amines) is 1.